The smallest absolute Gasteiger partial charge is 0.253 e. The molecule has 4 nitrogen and oxygen atoms in total. The Morgan fingerprint density at radius 1 is 1.08 bits per heavy atom. The number of amides is 2. The molecule has 0 saturated carbocycles. The zero-order valence-electron chi connectivity index (χ0n) is 13.4. The molecule has 6 heteroatoms. The summed E-state index contributed by atoms with van der Waals surface area (Å²) in [6.07, 6.45) is 0. The zero-order chi connectivity index (χ0) is 17.7. The molecule has 0 atom stereocenters. The molecule has 0 unspecified atom stereocenters. The first-order valence-electron chi connectivity index (χ1n) is 7.50. The van der Waals surface area contributed by atoms with Gasteiger partial charge in [0.25, 0.3) is 5.91 Å². The van der Waals surface area contributed by atoms with Gasteiger partial charge in [0.2, 0.25) is 5.91 Å². The van der Waals surface area contributed by atoms with Gasteiger partial charge in [-0.05, 0) is 35.9 Å². The summed E-state index contributed by atoms with van der Waals surface area (Å²) in [6.45, 7) is 3.97. The van der Waals surface area contributed by atoms with E-state index < -0.39 is 0 Å². The van der Waals surface area contributed by atoms with Gasteiger partial charge in [0.05, 0.1) is 10.6 Å². The lowest BCUT2D eigenvalue weighted by molar-refractivity contribution is -0.118. The van der Waals surface area contributed by atoms with Crippen LogP contribution in [0.1, 0.15) is 29.8 Å². The molecule has 24 heavy (non-hydrogen) atoms. The van der Waals surface area contributed by atoms with Crippen LogP contribution < -0.4 is 10.6 Å². The Balaban J connectivity index is 2.03. The van der Waals surface area contributed by atoms with E-state index >= 15 is 0 Å². The summed E-state index contributed by atoms with van der Waals surface area (Å²) in [6, 6.07) is 12.1. The Bertz CT molecular complexity index is 760. The van der Waals surface area contributed by atoms with Gasteiger partial charge in [-0.1, -0.05) is 49.2 Å². The highest BCUT2D eigenvalue weighted by Crippen LogP contribution is 2.20. The van der Waals surface area contributed by atoms with E-state index in [0.717, 1.165) is 5.56 Å². The first-order chi connectivity index (χ1) is 11.4. The lowest BCUT2D eigenvalue weighted by atomic mass is 10.1. The average molecular weight is 365 g/mol. The summed E-state index contributed by atoms with van der Waals surface area (Å²) in [7, 11) is 0. The normalized spacial score (nSPS) is 10.5. The zero-order valence-corrected chi connectivity index (χ0v) is 14.9. The highest BCUT2D eigenvalue weighted by atomic mass is 35.5. The molecular formula is C18H18Cl2N2O2. The van der Waals surface area contributed by atoms with Crippen molar-refractivity contribution in [2.45, 2.75) is 20.4 Å². The maximum absolute atomic E-state index is 12.2. The number of anilines is 1. The number of rotatable bonds is 5. The minimum absolute atomic E-state index is 0.0538. The van der Waals surface area contributed by atoms with E-state index in [0.29, 0.717) is 27.8 Å². The predicted molar refractivity (Wildman–Crippen MR) is 97.5 cm³/mol. The molecule has 2 aromatic rings. The third-order valence-electron chi connectivity index (χ3n) is 3.34. The Kier molecular flexibility index (Phi) is 6.23. The van der Waals surface area contributed by atoms with E-state index in [-0.39, 0.29) is 17.7 Å². The largest absolute Gasteiger partial charge is 0.348 e. The molecule has 0 aliphatic heterocycles. The monoisotopic (exact) mass is 364 g/mol. The molecule has 0 fully saturated rings. The predicted octanol–water partition coefficient (Wildman–Crippen LogP) is 4.52. The van der Waals surface area contributed by atoms with Gasteiger partial charge in [0.1, 0.15) is 0 Å². The van der Waals surface area contributed by atoms with E-state index in [9.17, 15) is 9.59 Å². The lowest BCUT2D eigenvalue weighted by Gasteiger charge is -2.10. The van der Waals surface area contributed by atoms with Gasteiger partial charge in [0, 0.05) is 23.2 Å². The third-order valence-corrected chi connectivity index (χ3v) is 3.91. The molecule has 2 aromatic carbocycles. The van der Waals surface area contributed by atoms with Crippen LogP contribution in [0.4, 0.5) is 5.69 Å². The first-order valence-corrected chi connectivity index (χ1v) is 8.25. The Morgan fingerprint density at radius 3 is 2.54 bits per heavy atom. The quantitative estimate of drug-likeness (QED) is 0.819. The van der Waals surface area contributed by atoms with Crippen LogP contribution in [-0.4, -0.2) is 11.8 Å². The second-order valence-electron chi connectivity index (χ2n) is 5.65. The van der Waals surface area contributed by atoms with Crippen molar-refractivity contribution in [3.05, 3.63) is 63.6 Å². The van der Waals surface area contributed by atoms with Gasteiger partial charge in [-0.2, -0.15) is 0 Å². The molecule has 0 aliphatic rings. The highest BCUT2D eigenvalue weighted by Gasteiger charge is 2.11. The highest BCUT2D eigenvalue weighted by molar-refractivity contribution is 6.35. The Hall–Kier alpha value is -2.04. The summed E-state index contributed by atoms with van der Waals surface area (Å²) < 4.78 is 0. The van der Waals surface area contributed by atoms with Gasteiger partial charge in [-0.3, -0.25) is 9.59 Å². The number of hydrogen-bond acceptors (Lipinski definition) is 2. The fraction of sp³-hybridized carbons (Fsp3) is 0.222. The molecule has 2 amide bonds. The third kappa shape index (κ3) is 4.98. The van der Waals surface area contributed by atoms with Gasteiger partial charge in [0.15, 0.2) is 0 Å². The molecule has 0 bridgehead atoms. The summed E-state index contributed by atoms with van der Waals surface area (Å²) in [5.41, 5.74) is 1.89. The summed E-state index contributed by atoms with van der Waals surface area (Å²) in [5.74, 6) is -0.459. The number of nitrogens with one attached hydrogen (secondary N) is 2. The number of benzene rings is 2. The summed E-state index contributed by atoms with van der Waals surface area (Å²) in [5, 5.41) is 6.41. The fourth-order valence-corrected chi connectivity index (χ4v) is 2.37. The fourth-order valence-electron chi connectivity index (χ4n) is 1.99. The molecule has 2 rings (SSSR count). The number of hydrogen-bond donors (Lipinski definition) is 2. The molecule has 0 heterocycles. The molecule has 0 radical (unpaired) electrons. The van der Waals surface area contributed by atoms with Crippen molar-refractivity contribution in [3.8, 4) is 0 Å². The molecule has 0 spiro atoms. The van der Waals surface area contributed by atoms with Crippen LogP contribution in [-0.2, 0) is 11.3 Å². The minimum Gasteiger partial charge on any atom is -0.348 e. The Morgan fingerprint density at radius 2 is 1.83 bits per heavy atom. The van der Waals surface area contributed by atoms with E-state index in [4.69, 9.17) is 23.2 Å². The van der Waals surface area contributed by atoms with E-state index in [1.54, 1.807) is 18.2 Å². The molecule has 126 valence electrons. The average Bonchev–Trinajstić information content (AvgIpc) is 2.55. The maximum atomic E-state index is 12.2. The van der Waals surface area contributed by atoms with Crippen molar-refractivity contribution in [1.29, 1.82) is 0 Å². The van der Waals surface area contributed by atoms with Crippen LogP contribution in [0.3, 0.4) is 0 Å². The van der Waals surface area contributed by atoms with Crippen molar-refractivity contribution in [2.75, 3.05) is 5.32 Å². The van der Waals surface area contributed by atoms with E-state index in [2.05, 4.69) is 10.6 Å². The van der Waals surface area contributed by atoms with Crippen LogP contribution in [0, 0.1) is 5.92 Å². The van der Waals surface area contributed by atoms with Crippen LogP contribution in [0.25, 0.3) is 0 Å². The summed E-state index contributed by atoms with van der Waals surface area (Å²) in [4.78, 5) is 24.0. The van der Waals surface area contributed by atoms with Crippen molar-refractivity contribution < 1.29 is 9.59 Å². The van der Waals surface area contributed by atoms with Crippen molar-refractivity contribution in [2.24, 2.45) is 5.92 Å². The molecule has 2 N–H and O–H groups in total. The summed E-state index contributed by atoms with van der Waals surface area (Å²) >= 11 is 11.9. The van der Waals surface area contributed by atoms with Crippen molar-refractivity contribution >= 4 is 40.7 Å². The number of carbonyl (C=O) groups is 2. The van der Waals surface area contributed by atoms with E-state index in [1.165, 1.54) is 6.07 Å². The maximum Gasteiger partial charge on any atom is 0.253 e. The standard InChI is InChI=1S/C18H18Cl2N2O2/c1-11(2)17(23)22-14-5-3-4-12(8-14)10-21-18(24)15-9-13(19)6-7-16(15)20/h3-9,11H,10H2,1-2H3,(H,21,24)(H,22,23). The van der Waals surface area contributed by atoms with Crippen LogP contribution in [0.2, 0.25) is 10.0 Å². The molecule has 0 saturated heterocycles. The molecular weight excluding hydrogens is 347 g/mol. The van der Waals surface area contributed by atoms with Crippen LogP contribution in [0.15, 0.2) is 42.5 Å². The first kappa shape index (κ1) is 18.3. The van der Waals surface area contributed by atoms with Crippen molar-refractivity contribution in [1.82, 2.24) is 5.32 Å². The van der Waals surface area contributed by atoms with Crippen LogP contribution >= 0.6 is 23.2 Å². The van der Waals surface area contributed by atoms with Crippen LogP contribution in [0.5, 0.6) is 0 Å². The second kappa shape index (κ2) is 8.18. The number of carbonyl (C=O) groups excluding carboxylic acids is 2. The van der Waals surface area contributed by atoms with Crippen molar-refractivity contribution in [3.63, 3.8) is 0 Å². The SMILES string of the molecule is CC(C)C(=O)Nc1cccc(CNC(=O)c2cc(Cl)ccc2Cl)c1. The van der Waals surface area contributed by atoms with Gasteiger partial charge < -0.3 is 10.6 Å². The number of halogens is 2. The van der Waals surface area contributed by atoms with Gasteiger partial charge >= 0.3 is 0 Å². The Labute approximate surface area is 151 Å². The second-order valence-corrected chi connectivity index (χ2v) is 6.49. The molecule has 0 aliphatic carbocycles. The van der Waals surface area contributed by atoms with E-state index in [1.807, 2.05) is 32.0 Å². The topological polar surface area (TPSA) is 58.2 Å². The minimum atomic E-state index is -0.306. The molecule has 0 aromatic heterocycles. The lowest BCUT2D eigenvalue weighted by Crippen LogP contribution is -2.23. The van der Waals surface area contributed by atoms with Gasteiger partial charge in [-0.15, -0.1) is 0 Å². The van der Waals surface area contributed by atoms with Gasteiger partial charge in [-0.25, -0.2) is 0 Å².